The van der Waals surface area contributed by atoms with Crippen molar-refractivity contribution in [2.24, 2.45) is 0 Å². The van der Waals surface area contributed by atoms with Crippen LogP contribution in [0.1, 0.15) is 28.4 Å². The number of aryl methyl sites for hydroxylation is 2. The van der Waals surface area contributed by atoms with E-state index in [0.717, 1.165) is 27.8 Å². The van der Waals surface area contributed by atoms with Gasteiger partial charge in [0.05, 0.1) is 17.0 Å². The van der Waals surface area contributed by atoms with Crippen LogP contribution < -0.4 is 0 Å². The van der Waals surface area contributed by atoms with Gasteiger partial charge in [-0.05, 0) is 49.2 Å². The van der Waals surface area contributed by atoms with Crippen molar-refractivity contribution in [3.63, 3.8) is 0 Å². The summed E-state index contributed by atoms with van der Waals surface area (Å²) < 4.78 is 13.8. The minimum atomic E-state index is -0.461. The van der Waals surface area contributed by atoms with Crippen molar-refractivity contribution in [3.8, 4) is 22.6 Å². The van der Waals surface area contributed by atoms with Crippen LogP contribution in [-0.4, -0.2) is 36.3 Å². The van der Waals surface area contributed by atoms with Gasteiger partial charge in [0.1, 0.15) is 11.5 Å². The Hall–Kier alpha value is -4.20. The number of imidazole rings is 1. The van der Waals surface area contributed by atoms with Crippen LogP contribution in [0.5, 0.6) is 0 Å². The fraction of sp³-hybridized carbons (Fsp3) is 0.125. The van der Waals surface area contributed by atoms with Crippen LogP contribution in [0.4, 0.5) is 4.39 Å². The number of hydrogen-bond acceptors (Lipinski definition) is 5. The van der Waals surface area contributed by atoms with Crippen LogP contribution in [0, 0.1) is 25.1 Å². The van der Waals surface area contributed by atoms with Gasteiger partial charge in [-0.25, -0.2) is 14.4 Å². The van der Waals surface area contributed by atoms with Gasteiger partial charge in [-0.2, -0.15) is 5.10 Å². The Kier molecular flexibility index (Phi) is 4.82. The van der Waals surface area contributed by atoms with Crippen molar-refractivity contribution in [1.82, 2.24) is 30.1 Å². The second-order valence-corrected chi connectivity index (χ2v) is 7.68. The van der Waals surface area contributed by atoms with E-state index in [9.17, 15) is 4.39 Å². The van der Waals surface area contributed by atoms with E-state index in [4.69, 9.17) is 10.4 Å². The quantitative estimate of drug-likeness (QED) is 0.346. The summed E-state index contributed by atoms with van der Waals surface area (Å²) in [5, 5.41) is 16.1. The predicted octanol–water partition coefficient (Wildman–Crippen LogP) is 4.95. The number of benzene rings is 1. The Morgan fingerprint density at radius 2 is 2.00 bits per heavy atom. The molecule has 1 aromatic carbocycles. The first-order chi connectivity index (χ1) is 15.5. The van der Waals surface area contributed by atoms with Crippen molar-refractivity contribution in [1.29, 1.82) is 5.41 Å². The average molecular weight is 425 g/mol. The largest absolute Gasteiger partial charge is 0.341 e. The summed E-state index contributed by atoms with van der Waals surface area (Å²) in [5.41, 5.74) is 6.45. The number of hydrogen-bond donors (Lipinski definition) is 3. The molecule has 8 heteroatoms. The molecule has 7 nitrogen and oxygen atoms in total. The maximum absolute atomic E-state index is 13.8. The number of rotatable bonds is 5. The number of aromatic amines is 2. The molecule has 0 fully saturated rings. The average Bonchev–Trinajstić information content (AvgIpc) is 3.38. The number of halogens is 1. The maximum Gasteiger partial charge on any atom is 0.181 e. The summed E-state index contributed by atoms with van der Waals surface area (Å²) >= 11 is 0. The molecule has 0 spiro atoms. The molecule has 0 amide bonds. The third kappa shape index (κ3) is 3.35. The predicted molar refractivity (Wildman–Crippen MR) is 121 cm³/mol. The molecule has 32 heavy (non-hydrogen) atoms. The molecule has 0 saturated heterocycles. The third-order valence-corrected chi connectivity index (χ3v) is 5.59. The van der Waals surface area contributed by atoms with E-state index >= 15 is 0 Å². The molecule has 3 N–H and O–H groups in total. The maximum atomic E-state index is 13.8. The molecule has 4 aromatic heterocycles. The summed E-state index contributed by atoms with van der Waals surface area (Å²) in [5.74, 6) is -0.214. The van der Waals surface area contributed by atoms with Gasteiger partial charge in [-0.3, -0.25) is 10.1 Å². The van der Waals surface area contributed by atoms with Gasteiger partial charge >= 0.3 is 0 Å². The lowest BCUT2D eigenvalue weighted by atomic mass is 9.96. The van der Waals surface area contributed by atoms with E-state index in [1.807, 2.05) is 32.2 Å². The zero-order chi connectivity index (χ0) is 22.2. The van der Waals surface area contributed by atoms with E-state index in [1.54, 1.807) is 24.5 Å². The lowest BCUT2D eigenvalue weighted by Crippen LogP contribution is -2.04. The summed E-state index contributed by atoms with van der Waals surface area (Å²) in [6, 6.07) is 10.2. The second-order valence-electron chi connectivity index (χ2n) is 7.68. The molecular formula is C24H20FN7. The molecular weight excluding hydrogens is 405 g/mol. The number of fused-ring (bicyclic) bond motifs is 1. The van der Waals surface area contributed by atoms with E-state index in [0.29, 0.717) is 28.4 Å². The molecule has 4 heterocycles. The first kappa shape index (κ1) is 19.7. The highest BCUT2D eigenvalue weighted by Gasteiger charge is 2.21. The third-order valence-electron chi connectivity index (χ3n) is 5.59. The Morgan fingerprint density at radius 1 is 1.12 bits per heavy atom. The van der Waals surface area contributed by atoms with Crippen molar-refractivity contribution in [2.75, 3.05) is 0 Å². The monoisotopic (exact) mass is 425 g/mol. The van der Waals surface area contributed by atoms with Gasteiger partial charge in [0, 0.05) is 41.6 Å². The van der Waals surface area contributed by atoms with Gasteiger partial charge in [-0.15, -0.1) is 0 Å². The summed E-state index contributed by atoms with van der Waals surface area (Å²) in [4.78, 5) is 16.8. The molecule has 5 aromatic rings. The van der Waals surface area contributed by atoms with Crippen molar-refractivity contribution < 1.29 is 4.39 Å². The SMILES string of the molecule is Cc1ccncc1-c1cnc2n[nH]c(-c3nc(C(C=N)c4cccc(F)c4)c(C)[nH]3)c2c1. The molecule has 0 saturated carbocycles. The van der Waals surface area contributed by atoms with E-state index in [1.165, 1.54) is 18.3 Å². The van der Waals surface area contributed by atoms with Crippen LogP contribution in [-0.2, 0) is 0 Å². The molecule has 158 valence electrons. The minimum Gasteiger partial charge on any atom is -0.341 e. The highest BCUT2D eigenvalue weighted by molar-refractivity contribution is 5.92. The Labute approximate surface area is 183 Å². The van der Waals surface area contributed by atoms with Gasteiger partial charge < -0.3 is 10.4 Å². The van der Waals surface area contributed by atoms with Gasteiger partial charge in [0.2, 0.25) is 0 Å². The van der Waals surface area contributed by atoms with E-state index in [-0.39, 0.29) is 5.82 Å². The van der Waals surface area contributed by atoms with Crippen LogP contribution in [0.2, 0.25) is 0 Å². The first-order valence-electron chi connectivity index (χ1n) is 10.1. The molecule has 0 radical (unpaired) electrons. The topological polar surface area (TPSA) is 107 Å². The van der Waals surface area contributed by atoms with Gasteiger partial charge in [-0.1, -0.05) is 12.1 Å². The number of H-pyrrole nitrogens is 2. The number of pyridine rings is 2. The van der Waals surface area contributed by atoms with E-state index in [2.05, 4.69) is 25.1 Å². The molecule has 0 aliphatic rings. The summed E-state index contributed by atoms with van der Waals surface area (Å²) in [7, 11) is 0. The second kappa shape index (κ2) is 7.81. The summed E-state index contributed by atoms with van der Waals surface area (Å²) in [6.45, 7) is 3.92. The summed E-state index contributed by atoms with van der Waals surface area (Å²) in [6.07, 6.45) is 6.64. The van der Waals surface area contributed by atoms with Crippen LogP contribution in [0.15, 0.2) is 55.0 Å². The normalized spacial score (nSPS) is 12.2. The highest BCUT2D eigenvalue weighted by Crippen LogP contribution is 2.31. The molecule has 0 aliphatic carbocycles. The molecule has 1 unspecified atom stereocenters. The lowest BCUT2D eigenvalue weighted by Gasteiger charge is -2.10. The van der Waals surface area contributed by atoms with Gasteiger partial charge in [0.25, 0.3) is 0 Å². The zero-order valence-electron chi connectivity index (χ0n) is 17.5. The van der Waals surface area contributed by atoms with Gasteiger partial charge in [0.15, 0.2) is 11.5 Å². The molecule has 0 aliphatic heterocycles. The van der Waals surface area contributed by atoms with Crippen LogP contribution in [0.3, 0.4) is 0 Å². The number of nitrogens with one attached hydrogen (secondary N) is 3. The smallest absolute Gasteiger partial charge is 0.181 e. The molecule has 1 atom stereocenters. The van der Waals surface area contributed by atoms with E-state index < -0.39 is 5.92 Å². The minimum absolute atomic E-state index is 0.341. The molecule has 0 bridgehead atoms. The van der Waals surface area contributed by atoms with Crippen LogP contribution >= 0.6 is 0 Å². The van der Waals surface area contributed by atoms with Crippen molar-refractivity contribution in [2.45, 2.75) is 19.8 Å². The highest BCUT2D eigenvalue weighted by atomic mass is 19.1. The zero-order valence-corrected chi connectivity index (χ0v) is 17.5. The standard InChI is InChI=1S/C24H20FN7/c1-13-6-7-27-12-20(13)16-9-18-22(31-32-23(18)28-11-16)24-29-14(2)21(30-24)19(10-26)15-4-3-5-17(25)8-15/h3-12,19,26H,1-2H3,(H,29,30)(H,28,31,32). The van der Waals surface area contributed by atoms with Crippen molar-refractivity contribution in [3.05, 3.63) is 83.3 Å². The molecule has 5 rings (SSSR count). The number of nitrogens with zero attached hydrogens (tertiary/aromatic N) is 4. The Balaban J connectivity index is 1.60. The Bertz CT molecular complexity index is 1450. The fourth-order valence-electron chi connectivity index (χ4n) is 3.92. The van der Waals surface area contributed by atoms with Crippen LogP contribution in [0.25, 0.3) is 33.7 Å². The fourth-order valence-corrected chi connectivity index (χ4v) is 3.92. The first-order valence-corrected chi connectivity index (χ1v) is 10.1. The lowest BCUT2D eigenvalue weighted by molar-refractivity contribution is 0.625. The Morgan fingerprint density at radius 3 is 2.78 bits per heavy atom. The number of aromatic nitrogens is 6. The van der Waals surface area contributed by atoms with Crippen molar-refractivity contribution >= 4 is 17.2 Å².